The smallest absolute Gasteiger partial charge is 0.0652 e. The van der Waals surface area contributed by atoms with Crippen molar-refractivity contribution >= 4 is 11.8 Å². The largest absolute Gasteiger partial charge is 0.374 e. The second-order valence-electron chi connectivity index (χ2n) is 24.2. The molecule has 0 N–H and O–H groups in total. The topological polar surface area (TPSA) is 21.7 Å². The molecule has 12 fully saturated rings. The Kier molecular flexibility index (Phi) is 11.9. The molecule has 12 aliphatic rings. The molecule has 58 heavy (non-hydrogen) atoms. The maximum Gasteiger partial charge on any atom is 0.0652 e. The van der Waals surface area contributed by atoms with E-state index in [0.717, 1.165) is 99.6 Å². The fraction of sp³-hybridized carbons (Fsp3) is 1.00. The van der Waals surface area contributed by atoms with Crippen molar-refractivity contribution in [3.8, 4) is 0 Å². The van der Waals surface area contributed by atoms with Crippen molar-refractivity contribution in [1.29, 1.82) is 0 Å². The van der Waals surface area contributed by atoms with Crippen molar-refractivity contribution < 1.29 is 9.47 Å². The Balaban J connectivity index is 0.721. The third-order valence-corrected chi connectivity index (χ3v) is 23.8. The third-order valence-electron chi connectivity index (χ3n) is 22.0. The highest BCUT2D eigenvalue weighted by Crippen LogP contribution is 2.62. The minimum atomic E-state index is 0.617. The first-order valence-corrected chi connectivity index (χ1v) is 28.4. The molecule has 4 heteroatoms. The highest BCUT2D eigenvalue weighted by atomic mass is 32.2. The standard InChI is InChI=1S/C54H87NO2S/c1-2-10-34(11-3-1)35-20-26-38(27-21-35)55(39-28-22-36(23-29-39)41-14-9-18-48-51(41)45-12-4-6-17-47(45)56-48)40-30-24-37(25-31-40)42-15-8-16-43-44-32-33-50-52(54(44)57-53(42)43)46-13-5-7-19-49(46)58-50/h34-54H,1-33H2. The molecule has 9 saturated carbocycles. The van der Waals surface area contributed by atoms with Crippen molar-refractivity contribution in [1.82, 2.24) is 4.90 Å². The predicted molar refractivity (Wildman–Crippen MR) is 240 cm³/mol. The van der Waals surface area contributed by atoms with Crippen LogP contribution in [0.1, 0.15) is 212 Å². The molecule has 14 unspecified atom stereocenters. The molecule has 14 atom stereocenters. The first-order valence-electron chi connectivity index (χ1n) is 27.5. The first kappa shape index (κ1) is 39.8. The number of nitrogens with zero attached hydrogens (tertiary/aromatic N) is 1. The Morgan fingerprint density at radius 2 is 0.828 bits per heavy atom. The summed E-state index contributed by atoms with van der Waals surface area (Å²) < 4.78 is 14.5. The predicted octanol–water partition coefficient (Wildman–Crippen LogP) is 13.8. The number of fused-ring (bicyclic) bond motifs is 10. The van der Waals surface area contributed by atoms with Crippen LogP contribution in [0.4, 0.5) is 0 Å². The zero-order chi connectivity index (χ0) is 38.2. The van der Waals surface area contributed by atoms with E-state index in [1.807, 2.05) is 0 Å². The zero-order valence-corrected chi connectivity index (χ0v) is 37.9. The summed E-state index contributed by atoms with van der Waals surface area (Å²) >= 11 is 2.45. The molecule has 3 heterocycles. The molecule has 0 aromatic carbocycles. The molecule has 3 saturated heterocycles. The number of hydrogen-bond acceptors (Lipinski definition) is 4. The summed E-state index contributed by atoms with van der Waals surface area (Å²) in [6.07, 6.45) is 52.1. The second kappa shape index (κ2) is 17.3. The molecule has 326 valence electrons. The Labute approximate surface area is 360 Å². The summed E-state index contributed by atoms with van der Waals surface area (Å²) in [5, 5.41) is 1.91. The van der Waals surface area contributed by atoms with Gasteiger partial charge in [-0.15, -0.1) is 0 Å². The zero-order valence-electron chi connectivity index (χ0n) is 37.1. The molecular weight excluding hydrogens is 727 g/mol. The van der Waals surface area contributed by atoms with E-state index in [9.17, 15) is 0 Å². The van der Waals surface area contributed by atoms with Gasteiger partial charge in [-0.1, -0.05) is 70.6 Å². The molecule has 0 amide bonds. The first-order chi connectivity index (χ1) is 28.7. The number of thioether (sulfide) groups is 1. The van der Waals surface area contributed by atoms with Crippen molar-refractivity contribution in [3.05, 3.63) is 0 Å². The van der Waals surface area contributed by atoms with Gasteiger partial charge in [0.1, 0.15) is 0 Å². The van der Waals surface area contributed by atoms with E-state index >= 15 is 0 Å². The Morgan fingerprint density at radius 3 is 1.59 bits per heavy atom. The molecule has 0 radical (unpaired) electrons. The minimum absolute atomic E-state index is 0.617. The molecule has 0 bridgehead atoms. The third kappa shape index (κ3) is 7.31. The van der Waals surface area contributed by atoms with Crippen LogP contribution in [0.2, 0.25) is 0 Å². The van der Waals surface area contributed by atoms with E-state index in [0.29, 0.717) is 24.4 Å². The quantitative estimate of drug-likeness (QED) is 0.266. The van der Waals surface area contributed by atoms with Gasteiger partial charge in [-0.2, -0.15) is 11.8 Å². The van der Waals surface area contributed by atoms with Crippen molar-refractivity contribution in [2.24, 2.45) is 71.0 Å². The monoisotopic (exact) mass is 814 g/mol. The van der Waals surface area contributed by atoms with Crippen molar-refractivity contribution in [2.75, 3.05) is 0 Å². The van der Waals surface area contributed by atoms with Crippen molar-refractivity contribution in [2.45, 2.75) is 265 Å². The van der Waals surface area contributed by atoms with Gasteiger partial charge in [0.05, 0.1) is 24.4 Å². The summed E-state index contributed by atoms with van der Waals surface area (Å²) in [5.41, 5.74) is 0. The molecule has 9 aliphatic carbocycles. The van der Waals surface area contributed by atoms with Crippen LogP contribution in [0.25, 0.3) is 0 Å². The van der Waals surface area contributed by atoms with Crippen LogP contribution in [-0.2, 0) is 9.47 Å². The van der Waals surface area contributed by atoms with E-state index in [2.05, 4.69) is 16.7 Å². The van der Waals surface area contributed by atoms with Crippen LogP contribution in [0, 0.1) is 71.0 Å². The second-order valence-corrected chi connectivity index (χ2v) is 25.7. The summed E-state index contributed by atoms with van der Waals surface area (Å²) in [7, 11) is 0. The lowest BCUT2D eigenvalue weighted by Gasteiger charge is -2.52. The van der Waals surface area contributed by atoms with Gasteiger partial charge in [-0.25, -0.2) is 0 Å². The Morgan fingerprint density at radius 1 is 0.293 bits per heavy atom. The van der Waals surface area contributed by atoms with Gasteiger partial charge >= 0.3 is 0 Å². The van der Waals surface area contributed by atoms with Gasteiger partial charge < -0.3 is 9.47 Å². The molecule has 0 spiro atoms. The van der Waals surface area contributed by atoms with Gasteiger partial charge in [0.15, 0.2) is 0 Å². The van der Waals surface area contributed by atoms with Crippen LogP contribution >= 0.6 is 11.8 Å². The SMILES string of the molecule is C1CCC(C2CCC(N(C3CCC(C4CCCC5C6CCC7SC8CCCCC8C7C6OC45)CC3)C3CCC(C4CCCC5OC6CCCCC6C54)CC3)CC2)CC1. The average molecular weight is 814 g/mol. The lowest BCUT2D eigenvalue weighted by molar-refractivity contribution is -0.0779. The Hall–Kier alpha value is 0.230. The van der Waals surface area contributed by atoms with E-state index < -0.39 is 0 Å². The Bertz CT molecular complexity index is 1360. The van der Waals surface area contributed by atoms with Gasteiger partial charge in [-0.3, -0.25) is 4.90 Å². The normalized spacial score (nSPS) is 53.5. The van der Waals surface area contributed by atoms with Gasteiger partial charge in [-0.05, 0) is 206 Å². The summed E-state index contributed by atoms with van der Waals surface area (Å²) in [5.74, 6) is 11.4. The van der Waals surface area contributed by atoms with Gasteiger partial charge in [0, 0.05) is 34.5 Å². The fourth-order valence-corrected chi connectivity index (χ4v) is 21.7. The molecular formula is C54H87NO2S. The molecule has 0 aromatic rings. The highest BCUT2D eigenvalue weighted by Gasteiger charge is 2.60. The maximum absolute atomic E-state index is 7.61. The summed E-state index contributed by atoms with van der Waals surface area (Å²) in [6, 6.07) is 2.62. The van der Waals surface area contributed by atoms with E-state index in [1.165, 1.54) is 186 Å². The van der Waals surface area contributed by atoms with E-state index in [1.54, 1.807) is 25.7 Å². The summed E-state index contributed by atoms with van der Waals surface area (Å²) in [6.45, 7) is 0. The molecule has 3 nitrogen and oxygen atoms in total. The van der Waals surface area contributed by atoms with E-state index in [-0.39, 0.29) is 0 Å². The van der Waals surface area contributed by atoms with Crippen LogP contribution in [0.5, 0.6) is 0 Å². The van der Waals surface area contributed by atoms with Crippen LogP contribution in [0.3, 0.4) is 0 Å². The molecule has 0 aromatic heterocycles. The highest BCUT2D eigenvalue weighted by molar-refractivity contribution is 8.00. The minimum Gasteiger partial charge on any atom is -0.374 e. The van der Waals surface area contributed by atoms with E-state index in [4.69, 9.17) is 9.47 Å². The maximum atomic E-state index is 7.61. The lowest BCUT2D eigenvalue weighted by atomic mass is 9.61. The fourth-order valence-electron chi connectivity index (χ4n) is 19.6. The van der Waals surface area contributed by atoms with Crippen LogP contribution < -0.4 is 0 Å². The van der Waals surface area contributed by atoms with Crippen molar-refractivity contribution in [3.63, 3.8) is 0 Å². The van der Waals surface area contributed by atoms with Crippen LogP contribution in [-0.4, -0.2) is 57.9 Å². The average Bonchev–Trinajstić information content (AvgIpc) is 3.99. The van der Waals surface area contributed by atoms with Gasteiger partial charge in [0.25, 0.3) is 0 Å². The molecule has 12 rings (SSSR count). The van der Waals surface area contributed by atoms with Gasteiger partial charge in [0.2, 0.25) is 0 Å². The number of hydrogen-bond donors (Lipinski definition) is 0. The lowest BCUT2D eigenvalue weighted by Crippen LogP contribution is -2.54. The van der Waals surface area contributed by atoms with Crippen LogP contribution in [0.15, 0.2) is 0 Å². The number of rotatable bonds is 6. The molecule has 3 aliphatic heterocycles. The number of ether oxygens (including phenoxy) is 2. The summed E-state index contributed by atoms with van der Waals surface area (Å²) in [4.78, 5) is 3.35.